The molecule has 0 aromatic heterocycles. The zero-order valence-corrected chi connectivity index (χ0v) is 15.1. The zero-order chi connectivity index (χ0) is 17.6. The first-order valence-electron chi connectivity index (χ1n) is 8.94. The Kier molecular flexibility index (Phi) is 3.81. The van der Waals surface area contributed by atoms with E-state index >= 15 is 0 Å². The molecule has 3 heteroatoms. The summed E-state index contributed by atoms with van der Waals surface area (Å²) in [6, 6.07) is 17.5. The highest BCUT2D eigenvalue weighted by atomic mass is 16.5. The molecule has 128 valence electrons. The molecule has 2 aromatic rings. The minimum Gasteiger partial charge on any atom is -0.497 e. The van der Waals surface area contributed by atoms with Gasteiger partial charge in [-0.25, -0.2) is 0 Å². The standard InChI is InChI=1S/C22H24N2O/c1-22-9-10-24(2)20(12-16-7-8-18(25-3)13-19(16)22)21(22)17-6-4-5-15(11-17)14-23/h4-8,11,13,20-21H,9-10,12H2,1-3H3/t20?,21-,22-/m0/s1. The Morgan fingerprint density at radius 3 is 2.84 bits per heavy atom. The van der Waals surface area contributed by atoms with Gasteiger partial charge >= 0.3 is 0 Å². The predicted octanol–water partition coefficient (Wildman–Crippen LogP) is 3.87. The van der Waals surface area contributed by atoms with Gasteiger partial charge in [0, 0.05) is 17.4 Å². The normalized spacial score (nSPS) is 28.1. The predicted molar refractivity (Wildman–Crippen MR) is 99.0 cm³/mol. The van der Waals surface area contributed by atoms with Crippen molar-refractivity contribution in [3.63, 3.8) is 0 Å². The third kappa shape index (κ3) is 2.44. The van der Waals surface area contributed by atoms with Crippen molar-refractivity contribution in [2.75, 3.05) is 20.7 Å². The average molecular weight is 332 g/mol. The number of hydrogen-bond acceptors (Lipinski definition) is 3. The molecule has 1 saturated heterocycles. The summed E-state index contributed by atoms with van der Waals surface area (Å²) in [5.74, 6) is 1.32. The van der Waals surface area contributed by atoms with Crippen LogP contribution < -0.4 is 4.74 Å². The van der Waals surface area contributed by atoms with Crippen molar-refractivity contribution in [2.45, 2.75) is 37.1 Å². The Labute approximate surface area is 149 Å². The summed E-state index contributed by atoms with van der Waals surface area (Å²) in [5, 5.41) is 9.33. The van der Waals surface area contributed by atoms with Gasteiger partial charge in [0.25, 0.3) is 0 Å². The van der Waals surface area contributed by atoms with E-state index < -0.39 is 0 Å². The fraction of sp³-hybridized carbons (Fsp3) is 0.409. The van der Waals surface area contributed by atoms with Crippen LogP contribution in [0.2, 0.25) is 0 Å². The van der Waals surface area contributed by atoms with Crippen LogP contribution in [0.5, 0.6) is 5.75 Å². The van der Waals surface area contributed by atoms with Crippen molar-refractivity contribution in [3.8, 4) is 11.8 Å². The van der Waals surface area contributed by atoms with Gasteiger partial charge in [-0.2, -0.15) is 5.26 Å². The van der Waals surface area contributed by atoms with Crippen molar-refractivity contribution < 1.29 is 4.74 Å². The molecule has 3 atom stereocenters. The maximum absolute atomic E-state index is 9.33. The van der Waals surface area contributed by atoms with E-state index in [1.807, 2.05) is 12.1 Å². The Morgan fingerprint density at radius 1 is 1.24 bits per heavy atom. The summed E-state index contributed by atoms with van der Waals surface area (Å²) in [5.41, 5.74) is 4.95. The first-order chi connectivity index (χ1) is 12.1. The van der Waals surface area contributed by atoms with Crippen LogP contribution in [-0.2, 0) is 11.8 Å². The molecule has 2 aliphatic rings. The summed E-state index contributed by atoms with van der Waals surface area (Å²) in [6.07, 6.45) is 2.16. The first kappa shape index (κ1) is 16.2. The fourth-order valence-electron chi connectivity index (χ4n) is 4.99. The SMILES string of the molecule is COc1ccc2c(c1)[C@]1(C)CCN(C)C(C2)[C@@H]1c1cccc(C#N)c1. The van der Waals surface area contributed by atoms with E-state index in [0.29, 0.717) is 12.0 Å². The molecule has 4 rings (SSSR count). The third-order valence-electron chi connectivity index (χ3n) is 6.36. The Bertz CT molecular complexity index is 853. The van der Waals surface area contributed by atoms with Gasteiger partial charge in [-0.05, 0) is 67.4 Å². The lowest BCUT2D eigenvalue weighted by Gasteiger charge is -2.55. The van der Waals surface area contributed by atoms with Gasteiger partial charge in [0.2, 0.25) is 0 Å². The maximum atomic E-state index is 9.33. The molecular formula is C22H24N2O. The van der Waals surface area contributed by atoms with Crippen molar-refractivity contribution in [2.24, 2.45) is 0 Å². The van der Waals surface area contributed by atoms with E-state index in [1.165, 1.54) is 16.7 Å². The van der Waals surface area contributed by atoms with E-state index in [9.17, 15) is 5.26 Å². The molecule has 1 fully saturated rings. The van der Waals surface area contributed by atoms with Gasteiger partial charge < -0.3 is 9.64 Å². The number of rotatable bonds is 2. The van der Waals surface area contributed by atoms with E-state index in [-0.39, 0.29) is 5.41 Å². The minimum absolute atomic E-state index is 0.0629. The molecule has 25 heavy (non-hydrogen) atoms. The molecule has 1 aliphatic carbocycles. The lowest BCUT2D eigenvalue weighted by molar-refractivity contribution is 0.0830. The number of likely N-dealkylation sites (N-methyl/N-ethyl adjacent to an activating group) is 1. The van der Waals surface area contributed by atoms with Crippen molar-refractivity contribution >= 4 is 0 Å². The highest BCUT2D eigenvalue weighted by Gasteiger charge is 2.50. The minimum atomic E-state index is 0.0629. The summed E-state index contributed by atoms with van der Waals surface area (Å²) in [7, 11) is 3.97. The van der Waals surface area contributed by atoms with Crippen LogP contribution in [0, 0.1) is 11.3 Å². The molecular weight excluding hydrogens is 308 g/mol. The van der Waals surface area contributed by atoms with Gasteiger partial charge in [0.05, 0.1) is 18.7 Å². The smallest absolute Gasteiger partial charge is 0.119 e. The number of likely N-dealkylation sites (tertiary alicyclic amines) is 1. The number of hydrogen-bond donors (Lipinski definition) is 0. The Morgan fingerprint density at radius 2 is 2.08 bits per heavy atom. The van der Waals surface area contributed by atoms with Crippen LogP contribution in [-0.4, -0.2) is 31.6 Å². The molecule has 1 heterocycles. The largest absolute Gasteiger partial charge is 0.497 e. The average Bonchev–Trinajstić information content (AvgIpc) is 2.65. The third-order valence-corrected chi connectivity index (χ3v) is 6.36. The summed E-state index contributed by atoms with van der Waals surface area (Å²) < 4.78 is 5.51. The van der Waals surface area contributed by atoms with Crippen LogP contribution >= 0.6 is 0 Å². The van der Waals surface area contributed by atoms with Crippen LogP contribution in [0.25, 0.3) is 0 Å². The number of nitriles is 1. The monoisotopic (exact) mass is 332 g/mol. The number of ether oxygens (including phenoxy) is 1. The van der Waals surface area contributed by atoms with Gasteiger partial charge in [-0.3, -0.25) is 0 Å². The Balaban J connectivity index is 1.90. The van der Waals surface area contributed by atoms with Crippen LogP contribution in [0.4, 0.5) is 0 Å². The Hall–Kier alpha value is -2.31. The second kappa shape index (κ2) is 5.89. The lowest BCUT2D eigenvalue weighted by Crippen LogP contribution is -2.56. The molecule has 2 aromatic carbocycles. The molecule has 0 spiro atoms. The van der Waals surface area contributed by atoms with E-state index in [2.05, 4.69) is 55.3 Å². The molecule has 1 unspecified atom stereocenters. The topological polar surface area (TPSA) is 36.3 Å². The maximum Gasteiger partial charge on any atom is 0.119 e. The van der Waals surface area contributed by atoms with Crippen LogP contribution in [0.15, 0.2) is 42.5 Å². The second-order valence-electron chi connectivity index (χ2n) is 7.66. The number of piperidine rings is 1. The van der Waals surface area contributed by atoms with E-state index in [0.717, 1.165) is 30.7 Å². The van der Waals surface area contributed by atoms with Gasteiger partial charge in [-0.1, -0.05) is 25.1 Å². The zero-order valence-electron chi connectivity index (χ0n) is 15.1. The number of methoxy groups -OCH3 is 1. The quantitative estimate of drug-likeness (QED) is 0.837. The molecule has 0 N–H and O–H groups in total. The van der Waals surface area contributed by atoms with E-state index in [4.69, 9.17) is 4.74 Å². The fourth-order valence-corrected chi connectivity index (χ4v) is 4.99. The van der Waals surface area contributed by atoms with Gasteiger partial charge in [0.1, 0.15) is 5.75 Å². The summed E-state index contributed by atoms with van der Waals surface area (Å²) in [4.78, 5) is 2.50. The molecule has 3 nitrogen and oxygen atoms in total. The summed E-state index contributed by atoms with van der Waals surface area (Å²) in [6.45, 7) is 3.50. The van der Waals surface area contributed by atoms with Crippen molar-refractivity contribution in [3.05, 3.63) is 64.7 Å². The van der Waals surface area contributed by atoms with Crippen LogP contribution in [0.1, 0.15) is 41.5 Å². The van der Waals surface area contributed by atoms with Crippen molar-refractivity contribution in [1.29, 1.82) is 5.26 Å². The van der Waals surface area contributed by atoms with E-state index in [1.54, 1.807) is 7.11 Å². The molecule has 0 saturated carbocycles. The summed E-state index contributed by atoms with van der Waals surface area (Å²) >= 11 is 0. The number of nitrogens with zero attached hydrogens (tertiary/aromatic N) is 2. The number of fused-ring (bicyclic) bond motifs is 4. The molecule has 1 aliphatic heterocycles. The molecule has 0 amide bonds. The highest BCUT2D eigenvalue weighted by Crippen LogP contribution is 2.53. The number of benzene rings is 2. The van der Waals surface area contributed by atoms with Gasteiger partial charge in [-0.15, -0.1) is 0 Å². The van der Waals surface area contributed by atoms with Crippen molar-refractivity contribution in [1.82, 2.24) is 4.90 Å². The molecule has 0 radical (unpaired) electrons. The van der Waals surface area contributed by atoms with Crippen LogP contribution in [0.3, 0.4) is 0 Å². The lowest BCUT2D eigenvalue weighted by atomic mass is 9.56. The highest BCUT2D eigenvalue weighted by molar-refractivity contribution is 5.49. The first-order valence-corrected chi connectivity index (χ1v) is 8.94. The molecule has 2 bridgehead atoms. The second-order valence-corrected chi connectivity index (χ2v) is 7.66. The van der Waals surface area contributed by atoms with Gasteiger partial charge in [0.15, 0.2) is 0 Å².